The molecule has 2 N–H and O–H groups in total. The van der Waals surface area contributed by atoms with Crippen LogP contribution in [0.25, 0.3) is 11.1 Å². The predicted molar refractivity (Wildman–Crippen MR) is 133 cm³/mol. The molecule has 2 aliphatic carbocycles. The number of carboxylic acids is 1. The molecular formula is C28H34N2O5. The Kier molecular flexibility index (Phi) is 7.73. The van der Waals surface area contributed by atoms with Gasteiger partial charge in [-0.05, 0) is 48.4 Å². The van der Waals surface area contributed by atoms with Crippen molar-refractivity contribution in [1.29, 1.82) is 0 Å². The molecule has 2 aromatic rings. The molecule has 3 atom stereocenters. The average molecular weight is 479 g/mol. The van der Waals surface area contributed by atoms with Gasteiger partial charge in [-0.15, -0.1) is 0 Å². The van der Waals surface area contributed by atoms with Crippen molar-refractivity contribution in [2.45, 2.75) is 64.0 Å². The molecule has 2 aromatic carbocycles. The van der Waals surface area contributed by atoms with E-state index in [1.54, 1.807) is 0 Å². The minimum atomic E-state index is -1.03. The molecule has 1 unspecified atom stereocenters. The summed E-state index contributed by atoms with van der Waals surface area (Å²) >= 11 is 0. The van der Waals surface area contributed by atoms with Gasteiger partial charge in [0.1, 0.15) is 13.2 Å². The summed E-state index contributed by atoms with van der Waals surface area (Å²) in [5.41, 5.74) is 4.62. The first-order valence-electron chi connectivity index (χ1n) is 12.5. The molecule has 0 bridgehead atoms. The predicted octanol–water partition coefficient (Wildman–Crippen LogP) is 4.80. The van der Waals surface area contributed by atoms with Gasteiger partial charge in [0.2, 0.25) is 5.91 Å². The molecule has 0 saturated heterocycles. The molecule has 0 radical (unpaired) electrons. The lowest BCUT2D eigenvalue weighted by Gasteiger charge is -2.36. The number of ether oxygens (including phenoxy) is 1. The Morgan fingerprint density at radius 2 is 1.63 bits per heavy atom. The molecule has 186 valence electrons. The SMILES string of the molecule is CCC(C)N(CC(=O)O)C(=O)[C@@H]1CCCC[C@@H]1NC(=O)OCC1c2ccccc2-c2ccccc21. The monoisotopic (exact) mass is 478 g/mol. The molecule has 0 aliphatic heterocycles. The number of aliphatic carboxylic acids is 1. The van der Waals surface area contributed by atoms with Gasteiger partial charge in [-0.2, -0.15) is 0 Å². The van der Waals surface area contributed by atoms with E-state index in [4.69, 9.17) is 4.74 Å². The van der Waals surface area contributed by atoms with E-state index in [1.165, 1.54) is 16.0 Å². The zero-order valence-corrected chi connectivity index (χ0v) is 20.4. The first-order valence-corrected chi connectivity index (χ1v) is 12.5. The third kappa shape index (κ3) is 5.34. The maximum Gasteiger partial charge on any atom is 0.407 e. The van der Waals surface area contributed by atoms with E-state index >= 15 is 0 Å². The Balaban J connectivity index is 1.42. The van der Waals surface area contributed by atoms with Crippen LogP contribution in [0.2, 0.25) is 0 Å². The molecule has 7 nitrogen and oxygen atoms in total. The van der Waals surface area contributed by atoms with Gasteiger partial charge in [0, 0.05) is 18.0 Å². The molecule has 2 amide bonds. The summed E-state index contributed by atoms with van der Waals surface area (Å²) in [7, 11) is 0. The van der Waals surface area contributed by atoms with E-state index in [0.29, 0.717) is 19.3 Å². The highest BCUT2D eigenvalue weighted by atomic mass is 16.5. The second kappa shape index (κ2) is 10.9. The number of fused-ring (bicyclic) bond motifs is 3. The highest BCUT2D eigenvalue weighted by Crippen LogP contribution is 2.44. The highest BCUT2D eigenvalue weighted by Gasteiger charge is 2.37. The van der Waals surface area contributed by atoms with E-state index in [9.17, 15) is 19.5 Å². The van der Waals surface area contributed by atoms with Crippen molar-refractivity contribution in [3.05, 3.63) is 59.7 Å². The normalized spacial score (nSPS) is 19.8. The zero-order valence-electron chi connectivity index (χ0n) is 20.4. The van der Waals surface area contributed by atoms with Gasteiger partial charge in [0.15, 0.2) is 0 Å². The number of hydrogen-bond donors (Lipinski definition) is 2. The molecule has 1 fully saturated rings. The van der Waals surface area contributed by atoms with E-state index < -0.39 is 18.0 Å². The summed E-state index contributed by atoms with van der Waals surface area (Å²) in [4.78, 5) is 39.0. The first kappa shape index (κ1) is 24.8. The van der Waals surface area contributed by atoms with Gasteiger partial charge in [0.05, 0.1) is 5.92 Å². The minimum Gasteiger partial charge on any atom is -0.480 e. The van der Waals surface area contributed by atoms with Crippen LogP contribution in [-0.2, 0) is 14.3 Å². The number of carbonyl (C=O) groups is 3. The molecular weight excluding hydrogens is 444 g/mol. The Labute approximate surface area is 206 Å². The molecule has 1 saturated carbocycles. The Morgan fingerprint density at radius 1 is 1.03 bits per heavy atom. The smallest absolute Gasteiger partial charge is 0.407 e. The van der Waals surface area contributed by atoms with E-state index in [0.717, 1.165) is 24.0 Å². The van der Waals surface area contributed by atoms with Gasteiger partial charge in [-0.25, -0.2) is 4.79 Å². The fourth-order valence-electron chi connectivity index (χ4n) is 5.42. The number of nitrogens with one attached hydrogen (secondary N) is 1. The summed E-state index contributed by atoms with van der Waals surface area (Å²) in [6, 6.07) is 15.8. The van der Waals surface area contributed by atoms with Crippen LogP contribution >= 0.6 is 0 Å². The molecule has 7 heteroatoms. The standard InChI is InChI=1S/C28H34N2O5/c1-3-18(2)30(16-26(31)32)27(33)23-14-8-9-15-25(23)29-28(34)35-17-24-21-12-6-4-10-19(21)20-11-5-7-13-22(20)24/h4-7,10-13,18,23-25H,3,8-9,14-17H2,1-2H3,(H,29,34)(H,31,32)/t18?,23-,25+/m1/s1. The lowest BCUT2D eigenvalue weighted by Crippen LogP contribution is -2.52. The number of nitrogens with zero attached hydrogens (tertiary/aromatic N) is 1. The van der Waals surface area contributed by atoms with Crippen LogP contribution in [0.5, 0.6) is 0 Å². The topological polar surface area (TPSA) is 95.9 Å². The molecule has 2 aliphatic rings. The second-order valence-electron chi connectivity index (χ2n) is 9.58. The molecule has 35 heavy (non-hydrogen) atoms. The van der Waals surface area contributed by atoms with Crippen molar-refractivity contribution in [3.8, 4) is 11.1 Å². The summed E-state index contributed by atoms with van der Waals surface area (Å²) in [6.45, 7) is 3.67. The van der Waals surface area contributed by atoms with Crippen molar-refractivity contribution < 1.29 is 24.2 Å². The Bertz CT molecular complexity index is 1040. The number of carbonyl (C=O) groups excluding carboxylic acids is 2. The van der Waals surface area contributed by atoms with Gasteiger partial charge < -0.3 is 20.1 Å². The molecule has 0 aromatic heterocycles. The summed E-state index contributed by atoms with van der Waals surface area (Å²) < 4.78 is 5.70. The average Bonchev–Trinajstić information content (AvgIpc) is 3.19. The van der Waals surface area contributed by atoms with E-state index in [-0.39, 0.29) is 37.1 Å². The number of amides is 2. The third-order valence-electron chi connectivity index (χ3n) is 7.44. The van der Waals surface area contributed by atoms with Crippen molar-refractivity contribution in [2.75, 3.05) is 13.2 Å². The molecule has 0 heterocycles. The number of rotatable bonds is 8. The van der Waals surface area contributed by atoms with Gasteiger partial charge in [-0.3, -0.25) is 9.59 Å². The lowest BCUT2D eigenvalue weighted by molar-refractivity contribution is -0.149. The number of alkyl carbamates (subject to hydrolysis) is 1. The number of carboxylic acid groups (broad SMARTS) is 1. The van der Waals surface area contributed by atoms with Crippen LogP contribution in [0.15, 0.2) is 48.5 Å². The van der Waals surface area contributed by atoms with Gasteiger partial charge >= 0.3 is 12.1 Å². The van der Waals surface area contributed by atoms with Crippen LogP contribution in [0.4, 0.5) is 4.79 Å². The van der Waals surface area contributed by atoms with Gasteiger partial charge in [-0.1, -0.05) is 68.3 Å². The number of benzene rings is 2. The fraction of sp³-hybridized carbons (Fsp3) is 0.464. The van der Waals surface area contributed by atoms with Crippen LogP contribution in [0, 0.1) is 5.92 Å². The van der Waals surface area contributed by atoms with Crippen LogP contribution in [0.3, 0.4) is 0 Å². The lowest BCUT2D eigenvalue weighted by atomic mass is 9.83. The maximum atomic E-state index is 13.3. The summed E-state index contributed by atoms with van der Waals surface area (Å²) in [5.74, 6) is -1.72. The largest absolute Gasteiger partial charge is 0.480 e. The van der Waals surface area contributed by atoms with Crippen LogP contribution in [0.1, 0.15) is 63.0 Å². The van der Waals surface area contributed by atoms with Crippen LogP contribution < -0.4 is 5.32 Å². The third-order valence-corrected chi connectivity index (χ3v) is 7.44. The summed E-state index contributed by atoms with van der Waals surface area (Å²) in [6.07, 6.45) is 3.20. The Hall–Kier alpha value is -3.35. The Morgan fingerprint density at radius 3 is 2.23 bits per heavy atom. The van der Waals surface area contributed by atoms with Crippen molar-refractivity contribution in [1.82, 2.24) is 10.2 Å². The van der Waals surface area contributed by atoms with Crippen molar-refractivity contribution in [3.63, 3.8) is 0 Å². The first-order chi connectivity index (χ1) is 16.9. The van der Waals surface area contributed by atoms with E-state index in [1.807, 2.05) is 38.1 Å². The van der Waals surface area contributed by atoms with Crippen LogP contribution in [-0.4, -0.2) is 53.2 Å². The van der Waals surface area contributed by atoms with Gasteiger partial charge in [0.25, 0.3) is 0 Å². The second-order valence-corrected chi connectivity index (χ2v) is 9.58. The molecule has 4 rings (SSSR count). The minimum absolute atomic E-state index is 0.0339. The van der Waals surface area contributed by atoms with E-state index in [2.05, 4.69) is 29.6 Å². The highest BCUT2D eigenvalue weighted by molar-refractivity contribution is 5.84. The number of hydrogen-bond acceptors (Lipinski definition) is 4. The zero-order chi connectivity index (χ0) is 24.9. The van der Waals surface area contributed by atoms with Crippen molar-refractivity contribution >= 4 is 18.0 Å². The summed E-state index contributed by atoms with van der Waals surface area (Å²) in [5, 5.41) is 12.2. The van der Waals surface area contributed by atoms with Crippen molar-refractivity contribution in [2.24, 2.45) is 5.92 Å². The fourth-order valence-corrected chi connectivity index (χ4v) is 5.42. The quantitative estimate of drug-likeness (QED) is 0.568. The maximum absolute atomic E-state index is 13.3. The molecule has 0 spiro atoms.